The van der Waals surface area contributed by atoms with Crippen molar-refractivity contribution in [1.29, 1.82) is 0 Å². The normalized spacial score (nSPS) is 15.8. The van der Waals surface area contributed by atoms with Crippen molar-refractivity contribution in [3.63, 3.8) is 0 Å². The summed E-state index contributed by atoms with van der Waals surface area (Å²) in [5.74, 6) is -0.0450. The number of carbonyl (C=O) groups is 1. The van der Waals surface area contributed by atoms with Gasteiger partial charge < -0.3 is 5.32 Å². The van der Waals surface area contributed by atoms with Crippen molar-refractivity contribution in [3.8, 4) is 0 Å². The minimum atomic E-state index is -3.43. The first-order valence-corrected chi connectivity index (χ1v) is 10.7. The number of amides is 1. The molecule has 1 heterocycles. The third kappa shape index (κ3) is 4.50. The number of benzene rings is 1. The predicted molar refractivity (Wildman–Crippen MR) is 102 cm³/mol. The predicted octanol–water partition coefficient (Wildman–Crippen LogP) is 2.11. The second-order valence-electron chi connectivity index (χ2n) is 6.52. The zero-order chi connectivity index (χ0) is 18.7. The van der Waals surface area contributed by atoms with Crippen molar-refractivity contribution in [3.05, 3.63) is 52.9 Å². The van der Waals surface area contributed by atoms with E-state index >= 15 is 0 Å². The highest BCUT2D eigenvalue weighted by molar-refractivity contribution is 7.91. The van der Waals surface area contributed by atoms with E-state index < -0.39 is 16.1 Å². The highest BCUT2D eigenvalue weighted by Crippen LogP contribution is 2.25. The molecule has 8 heteroatoms. The minimum Gasteiger partial charge on any atom is -0.352 e. The van der Waals surface area contributed by atoms with Crippen molar-refractivity contribution in [1.82, 2.24) is 14.9 Å². The van der Waals surface area contributed by atoms with Crippen LogP contribution in [0.5, 0.6) is 0 Å². The number of sulfonamides is 1. The van der Waals surface area contributed by atoms with Gasteiger partial charge in [-0.05, 0) is 30.5 Å². The molecule has 6 nitrogen and oxygen atoms in total. The van der Waals surface area contributed by atoms with Crippen LogP contribution in [-0.2, 0) is 21.4 Å². The molecular formula is C18H23N3O3S2. The fourth-order valence-corrected chi connectivity index (χ4v) is 4.97. The first-order valence-electron chi connectivity index (χ1n) is 8.48. The molecule has 0 spiro atoms. The highest BCUT2D eigenvalue weighted by atomic mass is 32.2. The maximum atomic E-state index is 12.6. The monoisotopic (exact) mass is 393 g/mol. The van der Waals surface area contributed by atoms with Crippen LogP contribution in [0.15, 0.2) is 46.7 Å². The SMILES string of the molecule is CN(C)S(=O)(=O)c1ccc(CN[C@@H](C(=O)NC2CC2)c2ccccc2)s1. The van der Waals surface area contributed by atoms with E-state index in [4.69, 9.17) is 0 Å². The average molecular weight is 394 g/mol. The lowest BCUT2D eigenvalue weighted by Crippen LogP contribution is -2.38. The number of rotatable bonds is 8. The molecule has 0 aliphatic heterocycles. The first kappa shape index (κ1) is 19.0. The van der Waals surface area contributed by atoms with Gasteiger partial charge in [-0.1, -0.05) is 30.3 Å². The van der Waals surface area contributed by atoms with Crippen molar-refractivity contribution in [2.45, 2.75) is 35.7 Å². The van der Waals surface area contributed by atoms with Gasteiger partial charge in [-0.3, -0.25) is 10.1 Å². The van der Waals surface area contributed by atoms with E-state index in [1.807, 2.05) is 30.3 Å². The molecule has 140 valence electrons. The summed E-state index contributed by atoms with van der Waals surface area (Å²) < 4.78 is 25.9. The maximum absolute atomic E-state index is 12.6. The summed E-state index contributed by atoms with van der Waals surface area (Å²) in [4.78, 5) is 13.5. The van der Waals surface area contributed by atoms with E-state index in [-0.39, 0.29) is 11.9 Å². The van der Waals surface area contributed by atoms with Gasteiger partial charge in [-0.25, -0.2) is 12.7 Å². The quantitative estimate of drug-likeness (QED) is 0.720. The van der Waals surface area contributed by atoms with Gasteiger partial charge in [0.25, 0.3) is 10.0 Å². The number of hydrogen-bond donors (Lipinski definition) is 2. The van der Waals surface area contributed by atoms with Crippen molar-refractivity contribution >= 4 is 27.3 Å². The van der Waals surface area contributed by atoms with Crippen molar-refractivity contribution < 1.29 is 13.2 Å². The standard InChI is InChI=1S/C18H23N3O3S2/c1-21(2)26(23,24)16-11-10-15(25-16)12-19-17(13-6-4-3-5-7-13)18(22)20-14-8-9-14/h3-7,10-11,14,17,19H,8-9,12H2,1-2H3,(H,20,22)/t17-/m1/s1. The Morgan fingerprint density at radius 1 is 1.19 bits per heavy atom. The van der Waals surface area contributed by atoms with Gasteiger partial charge in [0.05, 0.1) is 0 Å². The van der Waals surface area contributed by atoms with Crippen LogP contribution in [0.2, 0.25) is 0 Å². The molecular weight excluding hydrogens is 370 g/mol. The third-order valence-electron chi connectivity index (χ3n) is 4.17. The number of hydrogen-bond acceptors (Lipinski definition) is 5. The molecule has 1 amide bonds. The Balaban J connectivity index is 1.72. The molecule has 1 aliphatic carbocycles. The molecule has 0 bridgehead atoms. The number of nitrogens with zero attached hydrogens (tertiary/aromatic N) is 1. The van der Waals surface area contributed by atoms with Gasteiger partial charge >= 0.3 is 0 Å². The van der Waals surface area contributed by atoms with E-state index in [2.05, 4.69) is 10.6 Å². The zero-order valence-electron chi connectivity index (χ0n) is 14.8. The molecule has 2 N–H and O–H groups in total. The Hall–Kier alpha value is -1.74. The second kappa shape index (κ2) is 7.87. The topological polar surface area (TPSA) is 78.5 Å². The van der Waals surface area contributed by atoms with E-state index in [1.165, 1.54) is 29.7 Å². The molecule has 1 saturated carbocycles. The number of nitrogens with one attached hydrogen (secondary N) is 2. The largest absolute Gasteiger partial charge is 0.352 e. The van der Waals surface area contributed by atoms with Crippen molar-refractivity contribution in [2.75, 3.05) is 14.1 Å². The number of thiophene rings is 1. The summed E-state index contributed by atoms with van der Waals surface area (Å²) in [7, 11) is -0.397. The summed E-state index contributed by atoms with van der Waals surface area (Å²) in [5, 5.41) is 6.30. The van der Waals surface area contributed by atoms with Crippen LogP contribution in [0.25, 0.3) is 0 Å². The van der Waals surface area contributed by atoms with Crippen LogP contribution in [0.4, 0.5) is 0 Å². The van der Waals surface area contributed by atoms with Gasteiger partial charge in [0.15, 0.2) is 0 Å². The van der Waals surface area contributed by atoms with Gasteiger partial charge in [-0.15, -0.1) is 11.3 Å². The highest BCUT2D eigenvalue weighted by Gasteiger charge is 2.28. The lowest BCUT2D eigenvalue weighted by Gasteiger charge is -2.18. The second-order valence-corrected chi connectivity index (χ2v) is 10.1. The molecule has 2 aromatic rings. The fraction of sp³-hybridized carbons (Fsp3) is 0.389. The third-order valence-corrected chi connectivity index (χ3v) is 7.54. The van der Waals surface area contributed by atoms with E-state index in [9.17, 15) is 13.2 Å². The van der Waals surface area contributed by atoms with Crippen LogP contribution in [0, 0.1) is 0 Å². The molecule has 1 aromatic carbocycles. The first-order chi connectivity index (χ1) is 12.4. The van der Waals surface area contributed by atoms with Gasteiger partial charge in [0.2, 0.25) is 5.91 Å². The van der Waals surface area contributed by atoms with Gasteiger partial charge in [0.1, 0.15) is 10.3 Å². The summed E-state index contributed by atoms with van der Waals surface area (Å²) in [6, 6.07) is 12.8. The Morgan fingerprint density at radius 3 is 2.50 bits per heavy atom. The van der Waals surface area contributed by atoms with Crippen molar-refractivity contribution in [2.24, 2.45) is 0 Å². The Morgan fingerprint density at radius 2 is 1.88 bits per heavy atom. The molecule has 0 saturated heterocycles. The fourth-order valence-electron chi connectivity index (χ4n) is 2.49. The average Bonchev–Trinajstić information content (AvgIpc) is 3.29. The van der Waals surface area contributed by atoms with Crippen LogP contribution in [0.1, 0.15) is 29.3 Å². The molecule has 0 unspecified atom stereocenters. The molecule has 1 atom stereocenters. The Bertz CT molecular complexity index is 859. The van der Waals surface area contributed by atoms with E-state index in [1.54, 1.807) is 12.1 Å². The molecule has 0 radical (unpaired) electrons. The molecule has 1 fully saturated rings. The number of carbonyl (C=O) groups excluding carboxylic acids is 1. The Labute approximate surface area is 158 Å². The zero-order valence-corrected chi connectivity index (χ0v) is 16.4. The molecule has 3 rings (SSSR count). The van der Waals surface area contributed by atoms with E-state index in [0.717, 1.165) is 23.3 Å². The van der Waals surface area contributed by atoms with Crippen LogP contribution < -0.4 is 10.6 Å². The molecule has 26 heavy (non-hydrogen) atoms. The van der Waals surface area contributed by atoms with Crippen LogP contribution >= 0.6 is 11.3 Å². The van der Waals surface area contributed by atoms with Gasteiger partial charge in [-0.2, -0.15) is 0 Å². The van der Waals surface area contributed by atoms with Crippen LogP contribution in [-0.4, -0.2) is 38.8 Å². The maximum Gasteiger partial charge on any atom is 0.252 e. The summed E-state index contributed by atoms with van der Waals surface area (Å²) in [6.45, 7) is 0.422. The molecule has 1 aromatic heterocycles. The van der Waals surface area contributed by atoms with Crippen LogP contribution in [0.3, 0.4) is 0 Å². The summed E-state index contributed by atoms with van der Waals surface area (Å²) in [5.41, 5.74) is 0.892. The lowest BCUT2D eigenvalue weighted by atomic mass is 10.1. The van der Waals surface area contributed by atoms with Gasteiger partial charge in [0, 0.05) is 31.6 Å². The lowest BCUT2D eigenvalue weighted by molar-refractivity contribution is -0.123. The summed E-state index contributed by atoms with van der Waals surface area (Å²) in [6.07, 6.45) is 2.06. The Kier molecular flexibility index (Phi) is 5.76. The van der Waals surface area contributed by atoms with E-state index in [0.29, 0.717) is 10.8 Å². The molecule has 1 aliphatic rings. The summed E-state index contributed by atoms with van der Waals surface area (Å²) >= 11 is 1.22. The minimum absolute atomic E-state index is 0.0450. The smallest absolute Gasteiger partial charge is 0.252 e.